The average Bonchev–Trinajstić information content (AvgIpc) is 2.58. The highest BCUT2D eigenvalue weighted by atomic mass is 16.2. The van der Waals surface area contributed by atoms with Crippen LogP contribution < -0.4 is 10.2 Å². The quantitative estimate of drug-likeness (QED) is 0.776. The molecule has 2 rings (SSSR count). The minimum Gasteiger partial charge on any atom is -0.351 e. The minimum absolute atomic E-state index is 0.00740. The van der Waals surface area contributed by atoms with E-state index in [9.17, 15) is 9.59 Å². The topological polar surface area (TPSA) is 53.9 Å². The molecule has 2 atom stereocenters. The maximum absolute atomic E-state index is 12.8. The molecule has 0 radical (unpaired) electrons. The monoisotopic (exact) mass is 318 g/mol. The first kappa shape index (κ1) is 17.5. The van der Waals surface area contributed by atoms with E-state index >= 15 is 0 Å². The molecule has 1 aromatic rings. The Morgan fingerprint density at radius 1 is 1.26 bits per heavy atom. The molecule has 0 aliphatic carbocycles. The van der Waals surface area contributed by atoms with Crippen LogP contribution in [0.1, 0.15) is 31.9 Å². The summed E-state index contributed by atoms with van der Waals surface area (Å²) in [5, 5.41) is 2.81. The summed E-state index contributed by atoms with van der Waals surface area (Å²) in [5.74, 6) is 0.147. The average molecular weight is 318 g/mol. The number of rotatable bonds is 6. The summed E-state index contributed by atoms with van der Waals surface area (Å²) >= 11 is 0. The summed E-state index contributed by atoms with van der Waals surface area (Å²) in [6.07, 6.45) is 0.909. The van der Waals surface area contributed by atoms with E-state index in [1.165, 1.54) is 11.1 Å². The molecule has 23 heavy (non-hydrogen) atoms. The predicted octanol–water partition coefficient (Wildman–Crippen LogP) is 0.000700. The summed E-state index contributed by atoms with van der Waals surface area (Å²) in [6, 6.07) is 8.11. The fourth-order valence-electron chi connectivity index (χ4n) is 3.18. The largest absolute Gasteiger partial charge is 0.351 e. The number of hydrogen-bond acceptors (Lipinski definition) is 2. The van der Waals surface area contributed by atoms with E-state index in [-0.39, 0.29) is 17.9 Å². The third-order valence-electron chi connectivity index (χ3n) is 4.64. The molecule has 2 amide bonds. The van der Waals surface area contributed by atoms with Crippen LogP contribution in [0.5, 0.6) is 0 Å². The zero-order valence-electron chi connectivity index (χ0n) is 14.4. The maximum atomic E-state index is 12.8. The third-order valence-corrected chi connectivity index (χ3v) is 4.64. The zero-order valence-corrected chi connectivity index (χ0v) is 14.4. The van der Waals surface area contributed by atoms with Crippen molar-refractivity contribution < 1.29 is 14.5 Å². The molecule has 1 aliphatic rings. The molecule has 0 aromatic heterocycles. The number of amides is 2. The van der Waals surface area contributed by atoms with Crippen molar-refractivity contribution in [1.29, 1.82) is 0 Å². The van der Waals surface area contributed by atoms with Crippen molar-refractivity contribution in [2.24, 2.45) is 0 Å². The highest BCUT2D eigenvalue weighted by Gasteiger charge is 2.31. The molecule has 5 nitrogen and oxygen atoms in total. The van der Waals surface area contributed by atoms with Crippen LogP contribution in [0.15, 0.2) is 24.3 Å². The van der Waals surface area contributed by atoms with Gasteiger partial charge in [-0.25, -0.2) is 0 Å². The van der Waals surface area contributed by atoms with E-state index in [0.29, 0.717) is 19.6 Å². The Labute approximate surface area is 138 Å². The molecule has 0 saturated carbocycles. The lowest BCUT2D eigenvalue weighted by atomic mass is 9.99. The Balaban J connectivity index is 2.00. The van der Waals surface area contributed by atoms with E-state index in [1.54, 1.807) is 0 Å². The molecule has 0 bridgehead atoms. The van der Waals surface area contributed by atoms with E-state index in [0.717, 1.165) is 24.4 Å². The lowest BCUT2D eigenvalue weighted by Crippen LogP contribution is -3.17. The molecule has 1 unspecified atom stereocenters. The van der Waals surface area contributed by atoms with Gasteiger partial charge < -0.3 is 15.1 Å². The van der Waals surface area contributed by atoms with Crippen molar-refractivity contribution in [2.45, 2.75) is 39.8 Å². The molecule has 1 aromatic carbocycles. The van der Waals surface area contributed by atoms with Crippen LogP contribution in [0.4, 0.5) is 0 Å². The van der Waals surface area contributed by atoms with Gasteiger partial charge in [-0.1, -0.05) is 24.3 Å². The van der Waals surface area contributed by atoms with Gasteiger partial charge in [-0.05, 0) is 38.3 Å². The van der Waals surface area contributed by atoms with Gasteiger partial charge in [0.1, 0.15) is 0 Å². The number of likely N-dealkylation sites (N-methyl/N-ethyl adjacent to an activating group) is 2. The van der Waals surface area contributed by atoms with Gasteiger partial charge in [-0.3, -0.25) is 9.59 Å². The summed E-state index contributed by atoms with van der Waals surface area (Å²) in [7, 11) is 0. The number of carbonyl (C=O) groups is 2. The number of carbonyl (C=O) groups excluding carboxylic acids is 2. The first-order valence-electron chi connectivity index (χ1n) is 8.53. The van der Waals surface area contributed by atoms with Crippen LogP contribution in [0.2, 0.25) is 0 Å². The Kier molecular flexibility index (Phi) is 6.16. The van der Waals surface area contributed by atoms with Crippen LogP contribution in [-0.2, 0) is 22.6 Å². The van der Waals surface area contributed by atoms with Gasteiger partial charge in [0.05, 0.1) is 6.54 Å². The maximum Gasteiger partial charge on any atom is 0.280 e. The molecule has 1 aliphatic heterocycles. The highest BCUT2D eigenvalue weighted by Crippen LogP contribution is 2.18. The van der Waals surface area contributed by atoms with Crippen molar-refractivity contribution in [1.82, 2.24) is 10.2 Å². The van der Waals surface area contributed by atoms with Gasteiger partial charge in [0.15, 0.2) is 12.6 Å². The van der Waals surface area contributed by atoms with Gasteiger partial charge in [0, 0.05) is 19.6 Å². The standard InChI is InChI=1S/C18H27N3O2/c1-4-19-17(22)13-20(5-2)14(3)18(23)21-11-10-15-8-6-7-9-16(15)12-21/h6-9,14H,4-5,10-13H2,1-3H3,(H,19,22)/p+1/t14-/m0/s1. The van der Waals surface area contributed by atoms with Gasteiger partial charge in [0.25, 0.3) is 11.8 Å². The van der Waals surface area contributed by atoms with E-state index < -0.39 is 0 Å². The molecule has 0 fully saturated rings. The van der Waals surface area contributed by atoms with Crippen molar-refractivity contribution in [3.8, 4) is 0 Å². The number of nitrogens with zero attached hydrogens (tertiary/aromatic N) is 1. The number of benzene rings is 1. The molecule has 0 spiro atoms. The van der Waals surface area contributed by atoms with E-state index in [4.69, 9.17) is 0 Å². The Morgan fingerprint density at radius 3 is 2.61 bits per heavy atom. The summed E-state index contributed by atoms with van der Waals surface area (Å²) in [6.45, 7) is 9.03. The molecule has 2 N–H and O–H groups in total. The highest BCUT2D eigenvalue weighted by molar-refractivity contribution is 5.81. The number of nitrogens with one attached hydrogen (secondary N) is 2. The normalized spacial score (nSPS) is 16.4. The summed E-state index contributed by atoms with van der Waals surface area (Å²) in [5.41, 5.74) is 2.58. The Morgan fingerprint density at radius 2 is 1.96 bits per heavy atom. The van der Waals surface area contributed by atoms with Crippen LogP contribution >= 0.6 is 0 Å². The van der Waals surface area contributed by atoms with Gasteiger partial charge >= 0.3 is 0 Å². The van der Waals surface area contributed by atoms with Crippen LogP contribution in [0, 0.1) is 0 Å². The zero-order chi connectivity index (χ0) is 16.8. The molecular weight excluding hydrogens is 290 g/mol. The predicted molar refractivity (Wildman–Crippen MR) is 90.1 cm³/mol. The van der Waals surface area contributed by atoms with Crippen molar-refractivity contribution in [3.63, 3.8) is 0 Å². The SMILES string of the molecule is CCNC(=O)C[NH+](CC)[C@@H](C)C(=O)N1CCc2ccccc2C1. The Bertz CT molecular complexity index is 559. The van der Waals surface area contributed by atoms with Crippen molar-refractivity contribution in [3.05, 3.63) is 35.4 Å². The first-order valence-corrected chi connectivity index (χ1v) is 8.53. The lowest BCUT2D eigenvalue weighted by molar-refractivity contribution is -0.904. The van der Waals surface area contributed by atoms with Crippen molar-refractivity contribution >= 4 is 11.8 Å². The van der Waals surface area contributed by atoms with Crippen LogP contribution in [0.25, 0.3) is 0 Å². The van der Waals surface area contributed by atoms with Gasteiger partial charge in [0.2, 0.25) is 0 Å². The third kappa shape index (κ3) is 4.32. The number of quaternary nitrogens is 1. The van der Waals surface area contributed by atoms with Crippen LogP contribution in [0.3, 0.4) is 0 Å². The number of hydrogen-bond donors (Lipinski definition) is 2. The van der Waals surface area contributed by atoms with Crippen LogP contribution in [-0.4, -0.2) is 48.9 Å². The second-order valence-electron chi connectivity index (χ2n) is 6.14. The van der Waals surface area contributed by atoms with Gasteiger partial charge in [-0.2, -0.15) is 0 Å². The van der Waals surface area contributed by atoms with E-state index in [2.05, 4.69) is 17.4 Å². The smallest absolute Gasteiger partial charge is 0.280 e. The first-order chi connectivity index (χ1) is 11.1. The lowest BCUT2D eigenvalue weighted by Gasteiger charge is -2.33. The molecule has 5 heteroatoms. The fraction of sp³-hybridized carbons (Fsp3) is 0.556. The Hall–Kier alpha value is -1.88. The summed E-state index contributed by atoms with van der Waals surface area (Å²) < 4.78 is 0. The molecule has 0 saturated heterocycles. The van der Waals surface area contributed by atoms with Crippen molar-refractivity contribution in [2.75, 3.05) is 26.2 Å². The van der Waals surface area contributed by atoms with Gasteiger partial charge in [-0.15, -0.1) is 0 Å². The second kappa shape index (κ2) is 8.11. The van der Waals surface area contributed by atoms with E-state index in [1.807, 2.05) is 37.8 Å². The molecule has 126 valence electrons. The minimum atomic E-state index is -0.201. The molecular formula is C18H28N3O2+. The molecule has 1 heterocycles. The number of fused-ring (bicyclic) bond motifs is 1. The second-order valence-corrected chi connectivity index (χ2v) is 6.14. The summed E-state index contributed by atoms with van der Waals surface area (Å²) in [4.78, 5) is 27.6. The fourth-order valence-corrected chi connectivity index (χ4v) is 3.18.